The molecule has 3 rings (SSSR count). The fraction of sp³-hybridized carbons (Fsp3) is 0.560. The summed E-state index contributed by atoms with van der Waals surface area (Å²) in [6.45, 7) is 4.89. The first-order chi connectivity index (χ1) is 16.8. The summed E-state index contributed by atoms with van der Waals surface area (Å²) in [5, 5.41) is 18.9. The molecule has 10 nitrogen and oxygen atoms in total. The molecule has 5 N–H and O–H groups in total. The van der Waals surface area contributed by atoms with Crippen molar-refractivity contribution in [2.24, 2.45) is 11.8 Å². The van der Waals surface area contributed by atoms with Gasteiger partial charge in [-0.05, 0) is 55.8 Å². The fourth-order valence-corrected chi connectivity index (χ4v) is 4.30. The monoisotopic (exact) mass is 488 g/mol. The number of nitrogens with one attached hydrogen (secondary N) is 4. The molecule has 35 heavy (non-hydrogen) atoms. The molecule has 1 aliphatic rings. The van der Waals surface area contributed by atoms with Crippen LogP contribution in [0.5, 0.6) is 5.75 Å². The molecule has 2 aromatic rings. The van der Waals surface area contributed by atoms with Crippen LogP contribution in [-0.4, -0.2) is 73.4 Å². The van der Waals surface area contributed by atoms with E-state index in [1.165, 1.54) is 0 Å². The molecule has 192 valence electrons. The molecule has 0 bridgehead atoms. The van der Waals surface area contributed by atoms with Gasteiger partial charge in [-0.2, -0.15) is 0 Å². The number of Topliss-reactive ketones (excluding diaryl/α,β-unsaturated/α-hetero) is 1. The number of ketones is 1. The molecule has 1 aromatic heterocycles. The van der Waals surface area contributed by atoms with E-state index in [1.54, 1.807) is 19.2 Å². The lowest BCUT2D eigenvalue weighted by atomic mass is 9.94. The third-order valence-electron chi connectivity index (χ3n) is 6.13. The molecule has 0 saturated carbocycles. The number of carbonyl (C=O) groups is 3. The van der Waals surface area contributed by atoms with E-state index in [0.29, 0.717) is 37.6 Å². The minimum atomic E-state index is -0.858. The van der Waals surface area contributed by atoms with Crippen LogP contribution in [0.15, 0.2) is 24.3 Å². The van der Waals surface area contributed by atoms with E-state index in [-0.39, 0.29) is 11.8 Å². The fourth-order valence-electron chi connectivity index (χ4n) is 4.30. The van der Waals surface area contributed by atoms with Crippen molar-refractivity contribution >= 4 is 28.5 Å². The minimum Gasteiger partial charge on any atom is -0.496 e. The Morgan fingerprint density at radius 3 is 2.74 bits per heavy atom. The molecule has 1 fully saturated rings. The van der Waals surface area contributed by atoms with Gasteiger partial charge in [-0.3, -0.25) is 19.7 Å². The SMILES string of the molecule is COc1cccc2[nH]c(C(=O)N[C@@H](CC(C)C)C(=O)N[C@@H](C[C@@H]3CCNCOC3)C(=O)CO)cc12. The van der Waals surface area contributed by atoms with E-state index in [2.05, 4.69) is 20.9 Å². The number of H-pyrrole nitrogens is 1. The quantitative estimate of drug-likeness (QED) is 0.321. The van der Waals surface area contributed by atoms with E-state index >= 15 is 0 Å². The summed E-state index contributed by atoms with van der Waals surface area (Å²) in [6, 6.07) is 5.44. The van der Waals surface area contributed by atoms with Gasteiger partial charge < -0.3 is 30.2 Å². The first-order valence-corrected chi connectivity index (χ1v) is 12.0. The largest absolute Gasteiger partial charge is 0.496 e. The van der Waals surface area contributed by atoms with Gasteiger partial charge in [0.15, 0.2) is 5.78 Å². The molecule has 0 unspecified atom stereocenters. The highest BCUT2D eigenvalue weighted by molar-refractivity contribution is 6.01. The molecule has 0 aliphatic carbocycles. The average molecular weight is 489 g/mol. The smallest absolute Gasteiger partial charge is 0.268 e. The van der Waals surface area contributed by atoms with Gasteiger partial charge in [-0.1, -0.05) is 19.9 Å². The zero-order valence-corrected chi connectivity index (χ0v) is 20.6. The molecule has 2 heterocycles. The van der Waals surface area contributed by atoms with Crippen molar-refractivity contribution in [2.75, 3.05) is 33.6 Å². The Morgan fingerprint density at radius 1 is 1.23 bits per heavy atom. The second-order valence-electron chi connectivity index (χ2n) is 9.35. The number of aromatic nitrogens is 1. The predicted molar refractivity (Wildman–Crippen MR) is 131 cm³/mol. The van der Waals surface area contributed by atoms with Gasteiger partial charge in [0, 0.05) is 10.9 Å². The zero-order chi connectivity index (χ0) is 25.4. The summed E-state index contributed by atoms with van der Waals surface area (Å²) in [4.78, 5) is 41.8. The Kier molecular flexibility index (Phi) is 9.64. The maximum absolute atomic E-state index is 13.2. The molecule has 1 aromatic carbocycles. The third-order valence-corrected chi connectivity index (χ3v) is 6.13. The number of ether oxygens (including phenoxy) is 2. The van der Waals surface area contributed by atoms with Gasteiger partial charge in [-0.15, -0.1) is 0 Å². The number of benzene rings is 1. The van der Waals surface area contributed by atoms with Crippen LogP contribution in [0.25, 0.3) is 10.9 Å². The molecule has 10 heteroatoms. The van der Waals surface area contributed by atoms with E-state index < -0.39 is 36.3 Å². The van der Waals surface area contributed by atoms with Crippen molar-refractivity contribution in [2.45, 2.75) is 45.2 Å². The minimum absolute atomic E-state index is 0.0604. The number of amides is 2. The van der Waals surface area contributed by atoms with Crippen molar-refractivity contribution in [3.05, 3.63) is 30.0 Å². The predicted octanol–water partition coefficient (Wildman–Crippen LogP) is 1.34. The summed E-state index contributed by atoms with van der Waals surface area (Å²) >= 11 is 0. The number of fused-ring (bicyclic) bond motifs is 1. The topological polar surface area (TPSA) is 142 Å². The zero-order valence-electron chi connectivity index (χ0n) is 20.6. The van der Waals surface area contributed by atoms with Crippen LogP contribution in [0.4, 0.5) is 0 Å². The molecule has 1 aliphatic heterocycles. The highest BCUT2D eigenvalue weighted by Gasteiger charge is 2.30. The van der Waals surface area contributed by atoms with Crippen LogP contribution in [0.1, 0.15) is 43.6 Å². The van der Waals surface area contributed by atoms with Gasteiger partial charge in [0.25, 0.3) is 5.91 Å². The van der Waals surface area contributed by atoms with Gasteiger partial charge in [0.05, 0.1) is 26.5 Å². The summed E-state index contributed by atoms with van der Waals surface area (Å²) in [5.41, 5.74) is 1.05. The number of carbonyl (C=O) groups excluding carboxylic acids is 3. The van der Waals surface area contributed by atoms with Crippen LogP contribution >= 0.6 is 0 Å². The number of aliphatic hydroxyl groups is 1. The maximum Gasteiger partial charge on any atom is 0.268 e. The van der Waals surface area contributed by atoms with E-state index in [1.807, 2.05) is 26.0 Å². The van der Waals surface area contributed by atoms with Crippen LogP contribution in [0, 0.1) is 11.8 Å². The van der Waals surface area contributed by atoms with Crippen LogP contribution < -0.4 is 20.7 Å². The highest BCUT2D eigenvalue weighted by Crippen LogP contribution is 2.26. The van der Waals surface area contributed by atoms with Crippen LogP contribution in [-0.2, 0) is 14.3 Å². The third kappa shape index (κ3) is 7.27. The Hall–Kier alpha value is -2.95. The Morgan fingerprint density at radius 2 is 2.03 bits per heavy atom. The van der Waals surface area contributed by atoms with Crippen molar-refractivity contribution in [3.8, 4) is 5.75 Å². The molecule has 0 radical (unpaired) electrons. The molecular formula is C25H36N4O6. The lowest BCUT2D eigenvalue weighted by molar-refractivity contribution is -0.131. The first-order valence-electron chi connectivity index (χ1n) is 12.0. The van der Waals surface area contributed by atoms with Crippen molar-refractivity contribution in [1.29, 1.82) is 0 Å². The maximum atomic E-state index is 13.2. The highest BCUT2D eigenvalue weighted by atomic mass is 16.5. The Balaban J connectivity index is 1.73. The molecule has 1 saturated heterocycles. The number of methoxy groups -OCH3 is 1. The number of hydrogen-bond donors (Lipinski definition) is 5. The lowest BCUT2D eigenvalue weighted by Gasteiger charge is -2.25. The number of aliphatic hydroxyl groups excluding tert-OH is 1. The van der Waals surface area contributed by atoms with Crippen molar-refractivity contribution < 1.29 is 29.0 Å². The molecule has 0 spiro atoms. The second-order valence-corrected chi connectivity index (χ2v) is 9.35. The van der Waals surface area contributed by atoms with Gasteiger partial charge in [-0.25, -0.2) is 0 Å². The number of hydrogen-bond acceptors (Lipinski definition) is 7. The van der Waals surface area contributed by atoms with Crippen LogP contribution in [0.2, 0.25) is 0 Å². The Labute approximate surface area is 205 Å². The standard InChI is InChI=1S/C25H36N4O6/c1-15(2)9-20(29-25(33)21-11-17-18(27-21)5-4-6-23(17)34-3)24(32)28-19(22(31)12-30)10-16-7-8-26-14-35-13-16/h4-6,11,15-16,19-20,26-27,30H,7-10,12-14H2,1-3H3,(H,28,32)(H,29,33)/t16-,19-,20-/m0/s1. The number of rotatable bonds is 11. The van der Waals surface area contributed by atoms with Gasteiger partial charge >= 0.3 is 0 Å². The summed E-state index contributed by atoms with van der Waals surface area (Å²) in [6.07, 6.45) is 1.54. The molecule has 3 atom stereocenters. The molecular weight excluding hydrogens is 452 g/mol. The number of aromatic amines is 1. The van der Waals surface area contributed by atoms with E-state index in [4.69, 9.17) is 9.47 Å². The normalized spacial score (nSPS) is 18.0. The van der Waals surface area contributed by atoms with E-state index in [9.17, 15) is 19.5 Å². The van der Waals surface area contributed by atoms with Crippen LogP contribution in [0.3, 0.4) is 0 Å². The van der Waals surface area contributed by atoms with E-state index in [0.717, 1.165) is 23.9 Å². The lowest BCUT2D eigenvalue weighted by Crippen LogP contribution is -2.53. The van der Waals surface area contributed by atoms with Crippen molar-refractivity contribution in [3.63, 3.8) is 0 Å². The summed E-state index contributed by atoms with van der Waals surface area (Å²) in [5.74, 6) is -0.546. The van der Waals surface area contributed by atoms with Crippen molar-refractivity contribution in [1.82, 2.24) is 20.9 Å². The second kappa shape index (κ2) is 12.7. The summed E-state index contributed by atoms with van der Waals surface area (Å²) in [7, 11) is 1.56. The van der Waals surface area contributed by atoms with Gasteiger partial charge in [0.2, 0.25) is 5.91 Å². The molecule has 2 amide bonds. The van der Waals surface area contributed by atoms with Gasteiger partial charge in [0.1, 0.15) is 24.1 Å². The average Bonchev–Trinajstić information content (AvgIpc) is 3.12. The Bertz CT molecular complexity index is 1010. The summed E-state index contributed by atoms with van der Waals surface area (Å²) < 4.78 is 10.9. The first kappa shape index (κ1) is 26.7.